The van der Waals surface area contributed by atoms with Crippen molar-refractivity contribution in [1.29, 1.82) is 0 Å². The van der Waals surface area contributed by atoms with Crippen LogP contribution in [-0.2, 0) is 4.79 Å². The van der Waals surface area contributed by atoms with Crippen LogP contribution in [0.2, 0.25) is 0 Å². The maximum Gasteiger partial charge on any atom is 0.405 e. The molecular formula is C11H11F5N2O2. The molecule has 0 radical (unpaired) electrons. The molecule has 0 atom stereocenters. The molecule has 112 valence electrons. The topological polar surface area (TPSA) is 50.4 Å². The van der Waals surface area contributed by atoms with Crippen LogP contribution in [0.15, 0.2) is 24.3 Å². The average molecular weight is 298 g/mol. The van der Waals surface area contributed by atoms with Crippen molar-refractivity contribution >= 4 is 11.6 Å². The van der Waals surface area contributed by atoms with Gasteiger partial charge in [0.15, 0.2) is 0 Å². The lowest BCUT2D eigenvalue weighted by atomic mass is 10.3. The largest absolute Gasteiger partial charge is 0.435 e. The number of anilines is 1. The number of carbonyl (C=O) groups excluding carboxylic acids is 1. The predicted octanol–water partition coefficient (Wildman–Crippen LogP) is 2.38. The first-order chi connectivity index (χ1) is 9.26. The van der Waals surface area contributed by atoms with Crippen LogP contribution in [0.1, 0.15) is 0 Å². The Balaban J connectivity index is 2.36. The predicted molar refractivity (Wildman–Crippen MR) is 60.6 cm³/mol. The van der Waals surface area contributed by atoms with E-state index >= 15 is 0 Å². The summed E-state index contributed by atoms with van der Waals surface area (Å²) in [5, 5.41) is 4.22. The third-order valence-corrected chi connectivity index (χ3v) is 2.02. The Bertz CT molecular complexity index is 433. The van der Waals surface area contributed by atoms with E-state index in [9.17, 15) is 26.7 Å². The molecule has 0 saturated heterocycles. The van der Waals surface area contributed by atoms with E-state index in [2.05, 4.69) is 10.1 Å². The highest BCUT2D eigenvalue weighted by molar-refractivity contribution is 5.80. The van der Waals surface area contributed by atoms with Crippen LogP contribution in [0.4, 0.5) is 27.6 Å². The van der Waals surface area contributed by atoms with E-state index in [0.29, 0.717) is 5.69 Å². The van der Waals surface area contributed by atoms with Crippen molar-refractivity contribution in [3.63, 3.8) is 0 Å². The van der Waals surface area contributed by atoms with Crippen molar-refractivity contribution in [2.45, 2.75) is 12.8 Å². The van der Waals surface area contributed by atoms with E-state index in [4.69, 9.17) is 0 Å². The highest BCUT2D eigenvalue weighted by Gasteiger charge is 2.27. The SMILES string of the molecule is O=C(CNc1ccc(OC(F)F)cc1)NCC(F)(F)F. The molecule has 0 saturated carbocycles. The molecule has 4 nitrogen and oxygen atoms in total. The third kappa shape index (κ3) is 6.76. The number of halogens is 5. The minimum absolute atomic E-state index is 0.0629. The van der Waals surface area contributed by atoms with Crippen molar-refractivity contribution in [2.75, 3.05) is 18.4 Å². The number of nitrogens with one attached hydrogen (secondary N) is 2. The minimum atomic E-state index is -4.47. The molecule has 0 heterocycles. The summed E-state index contributed by atoms with van der Waals surface area (Å²) in [5.74, 6) is -0.901. The molecule has 0 unspecified atom stereocenters. The van der Waals surface area contributed by atoms with Gasteiger partial charge in [-0.3, -0.25) is 4.79 Å². The molecule has 0 aromatic heterocycles. The van der Waals surface area contributed by atoms with Gasteiger partial charge in [0.2, 0.25) is 5.91 Å². The Morgan fingerprint density at radius 3 is 2.30 bits per heavy atom. The summed E-state index contributed by atoms with van der Waals surface area (Å²) in [6.07, 6.45) is -4.47. The summed E-state index contributed by atoms with van der Waals surface area (Å²) in [6.45, 7) is -4.72. The fourth-order valence-electron chi connectivity index (χ4n) is 1.20. The monoisotopic (exact) mass is 298 g/mol. The molecular weight excluding hydrogens is 287 g/mol. The second kappa shape index (κ2) is 6.92. The average Bonchev–Trinajstić information content (AvgIpc) is 2.34. The molecule has 0 spiro atoms. The smallest absolute Gasteiger partial charge is 0.405 e. The maximum absolute atomic E-state index is 11.9. The summed E-state index contributed by atoms with van der Waals surface area (Å²) in [6, 6.07) is 5.19. The lowest BCUT2D eigenvalue weighted by Gasteiger charge is -2.10. The van der Waals surface area contributed by atoms with Crippen LogP contribution in [0.3, 0.4) is 0 Å². The first-order valence-electron chi connectivity index (χ1n) is 5.38. The van der Waals surface area contributed by atoms with Crippen LogP contribution in [0.25, 0.3) is 0 Å². The Kier molecular flexibility index (Phi) is 5.53. The summed E-state index contributed by atoms with van der Waals surface area (Å²) in [7, 11) is 0. The van der Waals surface area contributed by atoms with Gasteiger partial charge in [-0.2, -0.15) is 22.0 Å². The quantitative estimate of drug-likeness (QED) is 0.793. The van der Waals surface area contributed by atoms with E-state index in [0.717, 1.165) is 0 Å². The Labute approximate surface area is 110 Å². The summed E-state index contributed by atoms with van der Waals surface area (Å²) in [4.78, 5) is 11.1. The second-order valence-corrected chi connectivity index (χ2v) is 3.65. The number of ether oxygens (including phenoxy) is 1. The van der Waals surface area contributed by atoms with Gasteiger partial charge in [-0.15, -0.1) is 0 Å². The van der Waals surface area contributed by atoms with Crippen LogP contribution >= 0.6 is 0 Å². The van der Waals surface area contributed by atoms with Crippen LogP contribution in [0, 0.1) is 0 Å². The van der Waals surface area contributed by atoms with Crippen molar-refractivity contribution in [3.8, 4) is 5.75 Å². The normalized spacial score (nSPS) is 11.3. The zero-order chi connectivity index (χ0) is 15.2. The molecule has 1 rings (SSSR count). The van der Waals surface area contributed by atoms with Gasteiger partial charge < -0.3 is 15.4 Å². The standard InChI is InChI=1S/C11H11F5N2O2/c12-10(13)20-8-3-1-7(2-4-8)17-5-9(19)18-6-11(14,15)16/h1-4,10,17H,5-6H2,(H,18,19). The molecule has 0 bridgehead atoms. The molecule has 1 aromatic rings. The second-order valence-electron chi connectivity index (χ2n) is 3.65. The van der Waals surface area contributed by atoms with Crippen molar-refractivity contribution < 1.29 is 31.5 Å². The molecule has 9 heteroatoms. The van der Waals surface area contributed by atoms with Crippen LogP contribution in [0.5, 0.6) is 5.75 Å². The number of rotatable bonds is 6. The third-order valence-electron chi connectivity index (χ3n) is 2.02. The molecule has 20 heavy (non-hydrogen) atoms. The Hall–Kier alpha value is -2.06. The van der Waals surface area contributed by atoms with E-state index in [-0.39, 0.29) is 12.3 Å². The lowest BCUT2D eigenvalue weighted by molar-refractivity contribution is -0.137. The first kappa shape index (κ1) is 16.0. The zero-order valence-electron chi connectivity index (χ0n) is 10.0. The molecule has 0 aliphatic carbocycles. The van der Waals surface area contributed by atoms with Crippen LogP contribution in [-0.4, -0.2) is 31.8 Å². The van der Waals surface area contributed by atoms with E-state index < -0.39 is 25.2 Å². The molecule has 2 N–H and O–H groups in total. The zero-order valence-corrected chi connectivity index (χ0v) is 10.0. The van der Waals surface area contributed by atoms with Gasteiger partial charge in [0.05, 0.1) is 6.54 Å². The van der Waals surface area contributed by atoms with Gasteiger partial charge in [0.25, 0.3) is 0 Å². The van der Waals surface area contributed by atoms with Gasteiger partial charge in [-0.1, -0.05) is 0 Å². The molecule has 1 amide bonds. The highest BCUT2D eigenvalue weighted by Crippen LogP contribution is 2.17. The first-order valence-corrected chi connectivity index (χ1v) is 5.38. The molecule has 0 aliphatic rings. The summed E-state index contributed by atoms with van der Waals surface area (Å²) in [5.41, 5.74) is 0.383. The fraction of sp³-hybridized carbons (Fsp3) is 0.364. The van der Waals surface area contributed by atoms with Gasteiger partial charge in [0.1, 0.15) is 12.3 Å². The van der Waals surface area contributed by atoms with Gasteiger partial charge in [-0.05, 0) is 24.3 Å². The number of carbonyl (C=O) groups is 1. The maximum atomic E-state index is 11.9. The van der Waals surface area contributed by atoms with E-state index in [1.807, 2.05) is 0 Å². The number of hydrogen-bond acceptors (Lipinski definition) is 3. The summed E-state index contributed by atoms with van der Waals surface area (Å²) >= 11 is 0. The van der Waals surface area contributed by atoms with E-state index in [1.54, 1.807) is 5.32 Å². The van der Waals surface area contributed by atoms with Crippen molar-refractivity contribution in [3.05, 3.63) is 24.3 Å². The summed E-state index contributed by atoms with van der Waals surface area (Å²) < 4.78 is 63.3. The van der Waals surface area contributed by atoms with Crippen molar-refractivity contribution in [2.24, 2.45) is 0 Å². The van der Waals surface area contributed by atoms with E-state index in [1.165, 1.54) is 24.3 Å². The fourth-order valence-corrected chi connectivity index (χ4v) is 1.20. The number of hydrogen-bond donors (Lipinski definition) is 2. The van der Waals surface area contributed by atoms with Crippen LogP contribution < -0.4 is 15.4 Å². The number of benzene rings is 1. The lowest BCUT2D eigenvalue weighted by Crippen LogP contribution is -2.37. The Morgan fingerprint density at radius 2 is 1.80 bits per heavy atom. The Morgan fingerprint density at radius 1 is 1.20 bits per heavy atom. The molecule has 0 aliphatic heterocycles. The minimum Gasteiger partial charge on any atom is -0.435 e. The molecule has 1 aromatic carbocycles. The number of alkyl halides is 5. The molecule has 0 fully saturated rings. The van der Waals surface area contributed by atoms with Crippen molar-refractivity contribution in [1.82, 2.24) is 5.32 Å². The number of amides is 1. The van der Waals surface area contributed by atoms with Gasteiger partial charge >= 0.3 is 12.8 Å². The van der Waals surface area contributed by atoms with Gasteiger partial charge in [-0.25, -0.2) is 0 Å². The highest BCUT2D eigenvalue weighted by atomic mass is 19.4. The van der Waals surface area contributed by atoms with Gasteiger partial charge in [0, 0.05) is 5.69 Å².